The molecule has 2 aliphatic heterocycles. The standard InChI is InChI=1S/C79H101N5O13S2/c1-5-60-62(61(72(93)97-60)48-24-27-81-36-48)52-13-9-12-47-32-79(96)66-64(74(3)34-59(88)68(89)54-40-99-98-39-49(43-17-21-51(86)22-18-43)30-58(87)57(38-85)84-67(66)69(90)65(54)74)46-16-20-50(37-83-73(80)82-35-42-10-7-6-8-11-42)78(79,31-46)70(47)75(4,94)76(95)25-26-77-55(52)23-19-45(63(77)53(33-76)71(91)92)29-44-15-14-41(2)28-56(44)77/h6-8,10-11,17-19,21-24,27,29,36,41,45-47,49-50,52-57,59-65,68,70-71,81,84-86,88-89,91-92,94-96H,5,12,14-16,20,25-26,28,30-35,37-40H2,1-4H3,(H3,80,82,83). The van der Waals surface area contributed by atoms with Crippen molar-refractivity contribution in [2.75, 3.05) is 24.7 Å². The molecule has 2 spiro atoms. The summed E-state index contributed by atoms with van der Waals surface area (Å²) in [6.45, 7) is 7.76. The number of aliphatic hydroxyl groups excluding tert-OH is 4. The minimum atomic E-state index is -2.17. The molecule has 27 atom stereocenters. The Morgan fingerprint density at radius 2 is 1.69 bits per heavy atom. The van der Waals surface area contributed by atoms with Crippen LogP contribution in [0.3, 0.4) is 0 Å². The summed E-state index contributed by atoms with van der Waals surface area (Å²) in [4.78, 5) is 54.9. The maximum absolute atomic E-state index is 16.8. The number of rotatable bonds is 10. The van der Waals surface area contributed by atoms with Gasteiger partial charge in [-0.25, -0.2) is 4.99 Å². The zero-order valence-corrected chi connectivity index (χ0v) is 58.9. The van der Waals surface area contributed by atoms with Crippen LogP contribution in [-0.4, -0.2) is 147 Å². The zero-order valence-electron chi connectivity index (χ0n) is 57.3. The van der Waals surface area contributed by atoms with Crippen LogP contribution in [0, 0.1) is 117 Å². The number of ketones is 2. The number of benzene rings is 2. The van der Waals surface area contributed by atoms with Crippen LogP contribution in [0.15, 0.2) is 113 Å². The maximum atomic E-state index is 16.8. The van der Waals surface area contributed by atoms with Crippen molar-refractivity contribution in [2.45, 2.75) is 183 Å². The normalized spacial score (nSPS) is 45.4. The number of aromatic amines is 1. The van der Waals surface area contributed by atoms with Gasteiger partial charge in [0.05, 0.1) is 53.8 Å². The Balaban J connectivity index is 0.962. The number of H-pyrrole nitrogens is 1. The monoisotopic (exact) mass is 1390 g/mol. The van der Waals surface area contributed by atoms with E-state index in [0.717, 1.165) is 36.0 Å². The number of carbonyl (C=O) groups excluding carboxylic acids is 3. The molecule has 14 N–H and O–H groups in total. The first-order chi connectivity index (χ1) is 47.4. The molecule has 0 radical (unpaired) electrons. The number of phenols is 1. The van der Waals surface area contributed by atoms with E-state index in [2.05, 4.69) is 52.6 Å². The number of phenolic OH excluding ortho intramolecular Hbond substituents is 1. The molecule has 10 aliphatic carbocycles. The highest BCUT2D eigenvalue weighted by Crippen LogP contribution is 2.79. The number of nitrogens with two attached hydrogens (primary N) is 1. The molecule has 3 heterocycles. The van der Waals surface area contributed by atoms with Gasteiger partial charge in [-0.1, -0.05) is 115 Å². The summed E-state index contributed by atoms with van der Waals surface area (Å²) >= 11 is 0. The highest BCUT2D eigenvalue weighted by molar-refractivity contribution is 8.76. The third kappa shape index (κ3) is 10.8. The molecule has 0 amide bonds. The second-order valence-corrected chi connectivity index (χ2v) is 35.5. The number of hydrogen-bond acceptors (Lipinski definition) is 17. The number of aromatic hydroxyl groups is 1. The van der Waals surface area contributed by atoms with Crippen LogP contribution in [-0.2, 0) is 25.7 Å². The Kier molecular flexibility index (Phi) is 18.2. The number of carbonyl (C=O) groups is 3. The molecule has 2 aromatic carbocycles. The Labute approximate surface area is 588 Å². The lowest BCUT2D eigenvalue weighted by atomic mass is 9.37. The van der Waals surface area contributed by atoms with Gasteiger partial charge in [0.1, 0.15) is 17.9 Å². The molecular weight excluding hydrogens is 1290 g/mol. The second kappa shape index (κ2) is 26.1. The number of esters is 1. The van der Waals surface area contributed by atoms with E-state index in [1.54, 1.807) is 31.2 Å². The van der Waals surface area contributed by atoms with Crippen molar-refractivity contribution >= 4 is 45.1 Å². The van der Waals surface area contributed by atoms with E-state index in [0.29, 0.717) is 42.9 Å². The number of cyclic esters (lactones) is 1. The lowest BCUT2D eigenvalue weighted by Gasteiger charge is -2.69. The first-order valence-electron chi connectivity index (χ1n) is 36.8. The van der Waals surface area contributed by atoms with Gasteiger partial charge >= 0.3 is 5.97 Å². The van der Waals surface area contributed by atoms with Crippen molar-refractivity contribution < 1.29 is 65.1 Å². The van der Waals surface area contributed by atoms with Crippen molar-refractivity contribution in [1.29, 1.82) is 0 Å². The number of fused-ring (bicyclic) bond motifs is 10. The summed E-state index contributed by atoms with van der Waals surface area (Å²) in [5, 5.41) is 124. The predicted molar refractivity (Wildman–Crippen MR) is 377 cm³/mol. The topological polar surface area (TPSA) is 321 Å². The number of guanidine groups is 1. The van der Waals surface area contributed by atoms with Crippen LogP contribution in [0.25, 0.3) is 0 Å². The first-order valence-corrected chi connectivity index (χ1v) is 39.3. The Hall–Kier alpha value is -5.44. The van der Waals surface area contributed by atoms with E-state index < -0.39 is 153 Å². The van der Waals surface area contributed by atoms with Gasteiger partial charge in [0.2, 0.25) is 0 Å². The fourth-order valence-electron chi connectivity index (χ4n) is 24.5. The number of hydrogen-bond donors (Lipinski definition) is 13. The molecule has 3 aromatic rings. The van der Waals surface area contributed by atoms with Crippen LogP contribution in [0.5, 0.6) is 5.75 Å². The van der Waals surface area contributed by atoms with E-state index in [4.69, 9.17) is 15.5 Å². The third-order valence-corrected chi connectivity index (χ3v) is 30.9. The quantitative estimate of drug-likeness (QED) is 0.0174. The van der Waals surface area contributed by atoms with E-state index in [1.165, 1.54) is 27.2 Å². The third-order valence-electron chi connectivity index (χ3n) is 28.4. The molecule has 20 heteroatoms. The number of nitrogens with one attached hydrogen (secondary N) is 3. The first kappa shape index (κ1) is 69.3. The number of allylic oxidation sites excluding steroid dienone is 5. The van der Waals surface area contributed by atoms with Crippen molar-refractivity contribution in [2.24, 2.45) is 116 Å². The fourth-order valence-corrected chi connectivity index (χ4v) is 27.2. The molecule has 15 rings (SSSR count). The zero-order chi connectivity index (χ0) is 69.5. The number of nitrogens with zero attached hydrogens (tertiary/aromatic N) is 1. The number of ether oxygens (including phenoxy) is 1. The summed E-state index contributed by atoms with van der Waals surface area (Å²) in [5.41, 5.74) is 1.36. The largest absolute Gasteiger partial charge is 0.508 e. The minimum absolute atomic E-state index is 0.0123. The van der Waals surface area contributed by atoms with Gasteiger partial charge in [-0.2, -0.15) is 0 Å². The van der Waals surface area contributed by atoms with Crippen LogP contribution in [0.2, 0.25) is 0 Å². The predicted octanol–water partition coefficient (Wildman–Crippen LogP) is 7.95. The molecule has 8 fully saturated rings. The summed E-state index contributed by atoms with van der Waals surface area (Å²) in [6.07, 6.45) is 10.1. The van der Waals surface area contributed by atoms with Gasteiger partial charge in [0.25, 0.3) is 0 Å². The Morgan fingerprint density at radius 3 is 2.42 bits per heavy atom. The van der Waals surface area contributed by atoms with E-state index in [1.807, 2.05) is 62.6 Å². The van der Waals surface area contributed by atoms with Crippen molar-refractivity contribution in [1.82, 2.24) is 15.6 Å². The molecule has 532 valence electrons. The van der Waals surface area contributed by atoms with E-state index >= 15 is 19.8 Å². The van der Waals surface area contributed by atoms with Crippen LogP contribution in [0.1, 0.15) is 146 Å². The molecular formula is C79H101N5O13S2. The summed E-state index contributed by atoms with van der Waals surface area (Å²) in [6, 6.07) is 17.0. The number of aliphatic imine (C=N–C) groups is 1. The van der Waals surface area contributed by atoms with Gasteiger partial charge in [-0.3, -0.25) is 14.4 Å². The Morgan fingerprint density at radius 1 is 0.909 bits per heavy atom. The minimum Gasteiger partial charge on any atom is -0.508 e. The van der Waals surface area contributed by atoms with E-state index in [9.17, 15) is 40.5 Å². The van der Waals surface area contributed by atoms with E-state index in [-0.39, 0.29) is 111 Å². The molecule has 1 aromatic heterocycles. The van der Waals surface area contributed by atoms with Gasteiger partial charge in [-0.15, -0.1) is 5.92 Å². The maximum Gasteiger partial charge on any atom is 0.314 e. The smallest absolute Gasteiger partial charge is 0.314 e. The molecule has 2 saturated heterocycles. The molecule has 6 saturated carbocycles. The molecule has 7 bridgehead atoms. The van der Waals surface area contributed by atoms with Gasteiger partial charge in [-0.05, 0) is 189 Å². The fraction of sp³-hybridized carbons (Fsp3) is 0.646. The lowest BCUT2D eigenvalue weighted by Crippen LogP contribution is -2.73. The summed E-state index contributed by atoms with van der Waals surface area (Å²) < 4.78 is 6.50. The van der Waals surface area contributed by atoms with Crippen molar-refractivity contribution in [3.8, 4) is 17.6 Å². The SMILES string of the molecule is CCC1OC(=O)C(c2cc[nH]c2)C1C1C#CCC2CC3(O)C4=C5NC(CO)C(=O)CC(c6ccc(O)cc6)CSSCC6C(O)C(O)CC(C)(C4C4CCC(CNC(N)=NCc7ccccc7)C3(C4)C2C(C)(O)C2(O)CCC34C7CC(C)CCC7=CC(C=CC13)C4C(C(O)O)C2)C6C5=O. The van der Waals surface area contributed by atoms with Crippen LogP contribution in [0.4, 0.5) is 0 Å². The van der Waals surface area contributed by atoms with Crippen molar-refractivity contribution in [3.63, 3.8) is 0 Å². The molecule has 12 aliphatic rings. The van der Waals surface area contributed by atoms with Crippen LogP contribution < -0.4 is 16.4 Å². The van der Waals surface area contributed by atoms with Crippen LogP contribution >= 0.6 is 21.6 Å². The highest BCUT2D eigenvalue weighted by atomic mass is 33.1. The Bertz CT molecular complexity index is 3780. The van der Waals surface area contributed by atoms with Gasteiger partial charge in [0, 0.05) is 90.1 Å². The van der Waals surface area contributed by atoms with Gasteiger partial charge < -0.3 is 72.0 Å². The molecule has 18 nitrogen and oxygen atoms in total. The van der Waals surface area contributed by atoms with Crippen molar-refractivity contribution in [3.05, 3.63) is 125 Å². The average Bonchev–Trinajstić information content (AvgIpc) is 1.57. The second-order valence-electron chi connectivity index (χ2n) is 33.0. The number of Topliss-reactive ketones (excluding diaryl/α,β-unsaturated/α-hetero) is 2. The highest BCUT2D eigenvalue weighted by Gasteiger charge is 2.81. The summed E-state index contributed by atoms with van der Waals surface area (Å²) in [5.74, 6) is -1.61. The number of aliphatic hydroxyl groups is 8. The summed E-state index contributed by atoms with van der Waals surface area (Å²) in [7, 11) is 2.98. The lowest BCUT2D eigenvalue weighted by molar-refractivity contribution is -0.256. The molecule has 99 heavy (non-hydrogen) atoms. The molecule has 27 unspecified atom stereocenters. The van der Waals surface area contributed by atoms with Gasteiger partial charge in [0.15, 0.2) is 23.8 Å². The average molecular weight is 1390 g/mol. The number of aromatic nitrogens is 1.